The van der Waals surface area contributed by atoms with Crippen LogP contribution in [0.25, 0.3) is 0 Å². The van der Waals surface area contributed by atoms with E-state index in [1.165, 1.54) is 96.3 Å². The van der Waals surface area contributed by atoms with Gasteiger partial charge in [0.05, 0.1) is 40.4 Å². The lowest BCUT2D eigenvalue weighted by molar-refractivity contribution is -0.870. The van der Waals surface area contributed by atoms with Gasteiger partial charge in [-0.25, -0.2) is 0 Å². The minimum atomic E-state index is -4.28. The summed E-state index contributed by atoms with van der Waals surface area (Å²) in [5, 5.41) is 3.04. The van der Waals surface area contributed by atoms with Crippen molar-refractivity contribution in [3.05, 3.63) is 0 Å². The van der Waals surface area contributed by atoms with Crippen LogP contribution in [0, 0.1) is 0 Å². The van der Waals surface area contributed by atoms with E-state index in [-0.39, 0.29) is 19.3 Å². The summed E-state index contributed by atoms with van der Waals surface area (Å²) in [5.41, 5.74) is 0. The summed E-state index contributed by atoms with van der Waals surface area (Å²) in [6.07, 6.45) is 21.6. The summed E-state index contributed by atoms with van der Waals surface area (Å²) < 4.78 is 28.2. The third-order valence-corrected chi connectivity index (χ3v) is 7.28. The standard InChI is InChI=1S/C27H59N2O5P/c1-6-7-8-9-10-11-12-13-14-15-16-17-18-19-20-21-23-32-25-27(28-2)26-34-35(30,31)33-24-22-29(3,4)5/h27-28H,6-26H2,1-5H3. The quantitative estimate of drug-likeness (QED) is 0.0802. The van der Waals surface area contributed by atoms with Gasteiger partial charge in [-0.05, 0) is 13.5 Å². The molecule has 0 saturated carbocycles. The maximum absolute atomic E-state index is 11.9. The van der Waals surface area contributed by atoms with Crippen LogP contribution in [0.15, 0.2) is 0 Å². The molecule has 1 N–H and O–H groups in total. The van der Waals surface area contributed by atoms with Gasteiger partial charge in [-0.15, -0.1) is 0 Å². The van der Waals surface area contributed by atoms with Crippen LogP contribution >= 0.6 is 7.82 Å². The monoisotopic (exact) mass is 522 g/mol. The minimum absolute atomic E-state index is 0.0145. The molecule has 2 atom stereocenters. The zero-order valence-electron chi connectivity index (χ0n) is 23.9. The molecule has 0 saturated heterocycles. The Morgan fingerprint density at radius 3 is 1.60 bits per heavy atom. The third-order valence-electron chi connectivity index (χ3n) is 6.31. The first-order chi connectivity index (χ1) is 16.7. The highest BCUT2D eigenvalue weighted by Crippen LogP contribution is 2.38. The van der Waals surface area contributed by atoms with Crippen LogP contribution < -0.4 is 10.2 Å². The van der Waals surface area contributed by atoms with E-state index >= 15 is 0 Å². The van der Waals surface area contributed by atoms with Crippen LogP contribution in [0.3, 0.4) is 0 Å². The largest absolute Gasteiger partial charge is 0.756 e. The molecule has 0 rings (SSSR count). The van der Waals surface area contributed by atoms with Gasteiger partial charge in [-0.2, -0.15) is 0 Å². The smallest absolute Gasteiger partial charge is 0.268 e. The second-order valence-electron chi connectivity index (χ2n) is 11.0. The number of nitrogens with one attached hydrogen (secondary N) is 1. The van der Waals surface area contributed by atoms with Crippen LogP contribution in [0.5, 0.6) is 0 Å². The van der Waals surface area contributed by atoms with E-state index in [9.17, 15) is 9.46 Å². The van der Waals surface area contributed by atoms with Crippen molar-refractivity contribution in [2.75, 3.05) is 61.2 Å². The number of phosphoric ester groups is 1. The first-order valence-corrected chi connectivity index (χ1v) is 15.8. The van der Waals surface area contributed by atoms with Crippen LogP contribution in [-0.4, -0.2) is 71.7 Å². The SMILES string of the molecule is CCCCCCCCCCCCCCCCCCOCC(COP(=O)([O-])OCC[N+](C)(C)C)NC. The zero-order chi connectivity index (χ0) is 26.3. The molecule has 0 aliphatic heterocycles. The molecular formula is C27H59N2O5P. The number of phosphoric acid groups is 1. The van der Waals surface area contributed by atoms with E-state index in [2.05, 4.69) is 12.2 Å². The number of quaternary nitrogens is 1. The molecule has 0 spiro atoms. The van der Waals surface area contributed by atoms with E-state index < -0.39 is 7.82 Å². The molecule has 0 radical (unpaired) electrons. The van der Waals surface area contributed by atoms with Crippen molar-refractivity contribution in [2.24, 2.45) is 0 Å². The number of hydrogen-bond acceptors (Lipinski definition) is 6. The molecule has 0 heterocycles. The number of nitrogens with zero attached hydrogens (tertiary/aromatic N) is 1. The second kappa shape index (κ2) is 23.1. The van der Waals surface area contributed by atoms with Crippen molar-refractivity contribution >= 4 is 7.82 Å². The zero-order valence-corrected chi connectivity index (χ0v) is 24.8. The first-order valence-electron chi connectivity index (χ1n) is 14.4. The number of hydrogen-bond donors (Lipinski definition) is 1. The van der Waals surface area contributed by atoms with Gasteiger partial charge < -0.3 is 28.5 Å². The Morgan fingerprint density at radius 1 is 0.714 bits per heavy atom. The highest BCUT2D eigenvalue weighted by molar-refractivity contribution is 7.45. The highest BCUT2D eigenvalue weighted by Gasteiger charge is 2.16. The van der Waals surface area contributed by atoms with Gasteiger partial charge in [0.25, 0.3) is 7.82 Å². The van der Waals surface area contributed by atoms with Crippen molar-refractivity contribution < 1.29 is 27.7 Å². The van der Waals surface area contributed by atoms with Crippen molar-refractivity contribution in [1.29, 1.82) is 0 Å². The molecular weight excluding hydrogens is 463 g/mol. The Labute approximate surface area is 217 Å². The average molecular weight is 523 g/mol. The molecule has 212 valence electrons. The van der Waals surface area contributed by atoms with E-state index in [1.807, 2.05) is 21.1 Å². The van der Waals surface area contributed by atoms with E-state index in [4.69, 9.17) is 13.8 Å². The molecule has 0 aromatic heterocycles. The molecule has 0 bridgehead atoms. The summed E-state index contributed by atoms with van der Waals surface area (Å²) >= 11 is 0. The summed E-state index contributed by atoms with van der Waals surface area (Å²) in [6, 6.07) is -0.180. The summed E-state index contributed by atoms with van der Waals surface area (Å²) in [4.78, 5) is 11.9. The fourth-order valence-corrected chi connectivity index (χ4v) is 4.58. The van der Waals surface area contributed by atoms with Gasteiger partial charge in [0.2, 0.25) is 0 Å². The molecule has 0 aromatic rings. The number of rotatable bonds is 27. The van der Waals surface area contributed by atoms with Gasteiger partial charge >= 0.3 is 0 Å². The van der Waals surface area contributed by atoms with Crippen LogP contribution in [-0.2, 0) is 18.3 Å². The van der Waals surface area contributed by atoms with E-state index in [1.54, 1.807) is 7.05 Å². The van der Waals surface area contributed by atoms with Gasteiger partial charge in [-0.1, -0.05) is 103 Å². The van der Waals surface area contributed by atoms with Gasteiger partial charge in [0, 0.05) is 6.61 Å². The maximum atomic E-state index is 11.9. The van der Waals surface area contributed by atoms with Crippen molar-refractivity contribution in [3.63, 3.8) is 0 Å². The Bertz CT molecular complexity index is 502. The molecule has 0 amide bonds. The lowest BCUT2D eigenvalue weighted by atomic mass is 10.0. The Morgan fingerprint density at radius 2 is 1.17 bits per heavy atom. The predicted octanol–water partition coefficient (Wildman–Crippen LogP) is 6.06. The lowest BCUT2D eigenvalue weighted by Gasteiger charge is -2.28. The molecule has 0 aliphatic rings. The van der Waals surface area contributed by atoms with Gasteiger partial charge in [-0.3, -0.25) is 4.57 Å². The molecule has 8 heteroatoms. The molecule has 0 aromatic carbocycles. The van der Waals surface area contributed by atoms with Gasteiger partial charge in [0.1, 0.15) is 13.2 Å². The fraction of sp³-hybridized carbons (Fsp3) is 1.00. The average Bonchev–Trinajstić information content (AvgIpc) is 2.79. The molecule has 7 nitrogen and oxygen atoms in total. The minimum Gasteiger partial charge on any atom is -0.756 e. The second-order valence-corrected chi connectivity index (χ2v) is 12.4. The normalized spacial score (nSPS) is 14.8. The van der Waals surface area contributed by atoms with Crippen LogP contribution in [0.1, 0.15) is 110 Å². The Hall–Kier alpha value is -0.0100. The van der Waals surface area contributed by atoms with E-state index in [0.29, 0.717) is 24.2 Å². The highest BCUT2D eigenvalue weighted by atomic mass is 31.2. The van der Waals surface area contributed by atoms with Gasteiger partial charge in [0.15, 0.2) is 0 Å². The Balaban J connectivity index is 3.49. The summed E-state index contributed by atoms with van der Waals surface area (Å²) in [5.74, 6) is 0. The van der Waals surface area contributed by atoms with Crippen molar-refractivity contribution in [1.82, 2.24) is 5.32 Å². The number of likely N-dealkylation sites (N-methyl/N-ethyl adjacent to an activating group) is 2. The third kappa shape index (κ3) is 26.9. The Kier molecular flexibility index (Phi) is 23.1. The predicted molar refractivity (Wildman–Crippen MR) is 146 cm³/mol. The van der Waals surface area contributed by atoms with Crippen molar-refractivity contribution in [2.45, 2.75) is 116 Å². The molecule has 0 fully saturated rings. The summed E-state index contributed by atoms with van der Waals surface area (Å²) in [6.45, 7) is 4.12. The van der Waals surface area contributed by atoms with E-state index in [0.717, 1.165) is 6.42 Å². The fourth-order valence-electron chi connectivity index (χ4n) is 3.84. The first kappa shape index (κ1) is 35.0. The van der Waals surface area contributed by atoms with Crippen LogP contribution in [0.4, 0.5) is 0 Å². The van der Waals surface area contributed by atoms with Crippen molar-refractivity contribution in [3.8, 4) is 0 Å². The number of ether oxygens (including phenoxy) is 1. The molecule has 35 heavy (non-hydrogen) atoms. The molecule has 0 aliphatic carbocycles. The maximum Gasteiger partial charge on any atom is 0.268 e. The molecule has 2 unspecified atom stereocenters. The topological polar surface area (TPSA) is 79.9 Å². The van der Waals surface area contributed by atoms with Crippen LogP contribution in [0.2, 0.25) is 0 Å². The number of unbranched alkanes of at least 4 members (excludes halogenated alkanes) is 15. The lowest BCUT2D eigenvalue weighted by Crippen LogP contribution is -2.38. The summed E-state index contributed by atoms with van der Waals surface area (Å²) in [7, 11) is 3.44.